The first-order valence-corrected chi connectivity index (χ1v) is 8.41. The number of H-pyrrole nitrogens is 1. The maximum Gasteiger partial charge on any atom is 0.262 e. The molecule has 0 spiro atoms. The number of halogens is 1. The number of carbonyl (C=O) groups excluding carboxylic acids is 1. The molecule has 6 nitrogen and oxygen atoms in total. The number of benzene rings is 1. The summed E-state index contributed by atoms with van der Waals surface area (Å²) in [6.07, 6.45) is 0.872. The van der Waals surface area contributed by atoms with Crippen LogP contribution in [0.2, 0.25) is 0 Å². The number of nitrogens with zero attached hydrogens (tertiary/aromatic N) is 1. The van der Waals surface area contributed by atoms with Crippen LogP contribution in [0.25, 0.3) is 10.9 Å². The Morgan fingerprint density at radius 3 is 3.00 bits per heavy atom. The minimum atomic E-state index is -0.148. The second-order valence-electron chi connectivity index (χ2n) is 5.02. The molecule has 1 heterocycles. The van der Waals surface area contributed by atoms with Gasteiger partial charge in [0.15, 0.2) is 4.77 Å². The number of ether oxygens (including phenoxy) is 1. The van der Waals surface area contributed by atoms with Gasteiger partial charge in [0.1, 0.15) is 0 Å². The highest BCUT2D eigenvalue weighted by Crippen LogP contribution is 2.15. The third-order valence-corrected chi connectivity index (χ3v) is 4.17. The summed E-state index contributed by atoms with van der Waals surface area (Å²) in [4.78, 5) is 27.2. The van der Waals surface area contributed by atoms with Crippen molar-refractivity contribution in [3.8, 4) is 0 Å². The molecule has 23 heavy (non-hydrogen) atoms. The molecule has 0 bridgehead atoms. The molecule has 1 aromatic heterocycles. The van der Waals surface area contributed by atoms with Gasteiger partial charge in [0.25, 0.3) is 5.56 Å². The molecule has 0 aliphatic carbocycles. The van der Waals surface area contributed by atoms with Gasteiger partial charge in [-0.2, -0.15) is 0 Å². The van der Waals surface area contributed by atoms with Crippen molar-refractivity contribution in [1.82, 2.24) is 14.9 Å². The molecule has 1 aromatic carbocycles. The fraction of sp³-hybridized carbons (Fsp3) is 0.400. The molecular weight excluding hydrogens is 382 g/mol. The second-order valence-corrected chi connectivity index (χ2v) is 6.33. The summed E-state index contributed by atoms with van der Waals surface area (Å²) < 4.78 is 7.55. The van der Waals surface area contributed by atoms with Crippen LogP contribution in [0.15, 0.2) is 27.5 Å². The Bertz CT molecular complexity index is 816. The molecule has 0 saturated carbocycles. The third-order valence-electron chi connectivity index (χ3n) is 3.36. The molecule has 2 aromatic rings. The lowest BCUT2D eigenvalue weighted by Gasteiger charge is -2.09. The van der Waals surface area contributed by atoms with E-state index in [1.807, 2.05) is 12.1 Å². The molecule has 0 saturated heterocycles. The van der Waals surface area contributed by atoms with Gasteiger partial charge in [0.05, 0.1) is 17.5 Å². The van der Waals surface area contributed by atoms with E-state index in [9.17, 15) is 9.59 Å². The standard InChI is InChI=1S/C15H18BrN3O3S/c1-22-8-6-17-13(20)3-2-7-19-14(21)11-9-10(16)4-5-12(11)18-15(19)23/h4-5,9H,2-3,6-8H2,1H3,(H,17,20)(H,18,23). The fourth-order valence-electron chi connectivity index (χ4n) is 2.20. The largest absolute Gasteiger partial charge is 0.383 e. The van der Waals surface area contributed by atoms with Gasteiger partial charge in [0, 0.05) is 31.1 Å². The number of rotatable bonds is 7. The summed E-state index contributed by atoms with van der Waals surface area (Å²) in [5.74, 6) is -0.0615. The van der Waals surface area contributed by atoms with Crippen LogP contribution in [-0.2, 0) is 16.1 Å². The summed E-state index contributed by atoms with van der Waals surface area (Å²) in [6, 6.07) is 5.42. The maximum absolute atomic E-state index is 12.5. The van der Waals surface area contributed by atoms with Gasteiger partial charge in [-0.1, -0.05) is 15.9 Å². The molecular formula is C15H18BrN3O3S. The monoisotopic (exact) mass is 399 g/mol. The van der Waals surface area contributed by atoms with Crippen LogP contribution in [0.4, 0.5) is 0 Å². The fourth-order valence-corrected chi connectivity index (χ4v) is 2.85. The summed E-state index contributed by atoms with van der Waals surface area (Å²) in [5.41, 5.74) is 0.557. The van der Waals surface area contributed by atoms with Gasteiger partial charge in [-0.25, -0.2) is 0 Å². The highest BCUT2D eigenvalue weighted by molar-refractivity contribution is 9.10. The van der Waals surface area contributed by atoms with Crippen LogP contribution >= 0.6 is 28.1 Å². The van der Waals surface area contributed by atoms with E-state index in [1.54, 1.807) is 13.2 Å². The first-order valence-electron chi connectivity index (χ1n) is 7.21. The lowest BCUT2D eigenvalue weighted by atomic mass is 10.2. The van der Waals surface area contributed by atoms with Crippen LogP contribution in [0.3, 0.4) is 0 Å². The Kier molecular flexibility index (Phi) is 6.49. The number of aromatic nitrogens is 2. The average Bonchev–Trinajstić information content (AvgIpc) is 2.52. The average molecular weight is 400 g/mol. The van der Waals surface area contributed by atoms with Crippen LogP contribution in [0.5, 0.6) is 0 Å². The lowest BCUT2D eigenvalue weighted by molar-refractivity contribution is -0.121. The second kappa shape index (κ2) is 8.37. The van der Waals surface area contributed by atoms with Crippen molar-refractivity contribution in [2.75, 3.05) is 20.3 Å². The maximum atomic E-state index is 12.5. The predicted molar refractivity (Wildman–Crippen MR) is 95.2 cm³/mol. The van der Waals surface area contributed by atoms with E-state index in [2.05, 4.69) is 26.2 Å². The molecule has 2 rings (SSSR count). The highest BCUT2D eigenvalue weighted by Gasteiger charge is 2.07. The molecule has 0 fully saturated rings. The Balaban J connectivity index is 2.07. The molecule has 0 atom stereocenters. The lowest BCUT2D eigenvalue weighted by Crippen LogP contribution is -2.28. The topological polar surface area (TPSA) is 76.1 Å². The van der Waals surface area contributed by atoms with E-state index in [0.29, 0.717) is 48.2 Å². The van der Waals surface area contributed by atoms with E-state index >= 15 is 0 Å². The van der Waals surface area contributed by atoms with Gasteiger partial charge >= 0.3 is 0 Å². The number of hydrogen-bond acceptors (Lipinski definition) is 4. The Morgan fingerprint density at radius 1 is 1.48 bits per heavy atom. The molecule has 0 radical (unpaired) electrons. The smallest absolute Gasteiger partial charge is 0.262 e. The number of nitrogens with one attached hydrogen (secondary N) is 2. The number of hydrogen-bond donors (Lipinski definition) is 2. The van der Waals surface area contributed by atoms with Crippen LogP contribution in [0.1, 0.15) is 12.8 Å². The van der Waals surface area contributed by atoms with Crippen LogP contribution in [-0.4, -0.2) is 35.7 Å². The molecule has 124 valence electrons. The van der Waals surface area contributed by atoms with E-state index in [1.165, 1.54) is 4.57 Å². The van der Waals surface area contributed by atoms with Crippen molar-refractivity contribution >= 4 is 45.0 Å². The summed E-state index contributed by atoms with van der Waals surface area (Å²) >= 11 is 8.60. The summed E-state index contributed by atoms with van der Waals surface area (Å²) in [7, 11) is 1.58. The molecule has 2 N–H and O–H groups in total. The Hall–Kier alpha value is -1.51. The number of aromatic amines is 1. The van der Waals surface area contributed by atoms with E-state index in [0.717, 1.165) is 4.47 Å². The molecule has 0 unspecified atom stereocenters. The third kappa shape index (κ3) is 4.73. The van der Waals surface area contributed by atoms with E-state index in [4.69, 9.17) is 17.0 Å². The van der Waals surface area contributed by atoms with Crippen LogP contribution < -0.4 is 10.9 Å². The van der Waals surface area contributed by atoms with Gasteiger partial charge < -0.3 is 15.0 Å². The number of carbonyl (C=O) groups is 1. The first kappa shape index (κ1) is 17.8. The van der Waals surface area contributed by atoms with E-state index < -0.39 is 0 Å². The van der Waals surface area contributed by atoms with Crippen molar-refractivity contribution < 1.29 is 9.53 Å². The van der Waals surface area contributed by atoms with Crippen molar-refractivity contribution in [3.05, 3.63) is 37.8 Å². The zero-order valence-electron chi connectivity index (χ0n) is 12.7. The summed E-state index contributed by atoms with van der Waals surface area (Å²) in [5, 5.41) is 3.31. The SMILES string of the molecule is COCCNC(=O)CCCn1c(=S)[nH]c2ccc(Br)cc2c1=O. The highest BCUT2D eigenvalue weighted by atomic mass is 79.9. The van der Waals surface area contributed by atoms with Gasteiger partial charge in [-0.3, -0.25) is 14.2 Å². The molecule has 0 aliphatic rings. The van der Waals surface area contributed by atoms with Gasteiger partial charge in [-0.05, 0) is 36.8 Å². The first-order chi connectivity index (χ1) is 11.0. The summed E-state index contributed by atoms with van der Waals surface area (Å²) in [6.45, 7) is 1.36. The van der Waals surface area contributed by atoms with Gasteiger partial charge in [-0.15, -0.1) is 0 Å². The molecule has 1 amide bonds. The minimum Gasteiger partial charge on any atom is -0.383 e. The molecule has 0 aliphatic heterocycles. The molecule has 8 heteroatoms. The number of amides is 1. The zero-order valence-corrected chi connectivity index (χ0v) is 15.1. The number of methoxy groups -OCH3 is 1. The van der Waals surface area contributed by atoms with Crippen molar-refractivity contribution in [2.45, 2.75) is 19.4 Å². The predicted octanol–water partition coefficient (Wildman–Crippen LogP) is 2.36. The quantitative estimate of drug-likeness (QED) is 0.553. The minimum absolute atomic E-state index is 0.0615. The van der Waals surface area contributed by atoms with E-state index in [-0.39, 0.29) is 11.5 Å². The van der Waals surface area contributed by atoms with Crippen LogP contribution in [0, 0.1) is 4.77 Å². The van der Waals surface area contributed by atoms with Crippen molar-refractivity contribution in [2.24, 2.45) is 0 Å². The van der Waals surface area contributed by atoms with Gasteiger partial charge in [0.2, 0.25) is 5.91 Å². The van der Waals surface area contributed by atoms with Crippen molar-refractivity contribution in [1.29, 1.82) is 0 Å². The zero-order chi connectivity index (χ0) is 16.8. The normalized spacial score (nSPS) is 10.9. The Labute approximate surface area is 147 Å². The number of fused-ring (bicyclic) bond motifs is 1. The van der Waals surface area contributed by atoms with Crippen molar-refractivity contribution in [3.63, 3.8) is 0 Å². The Morgan fingerprint density at radius 2 is 2.26 bits per heavy atom.